The van der Waals surface area contributed by atoms with Gasteiger partial charge in [0.2, 0.25) is 0 Å². The van der Waals surface area contributed by atoms with Crippen molar-refractivity contribution in [3.63, 3.8) is 0 Å². The smallest absolute Gasteiger partial charge is 0.315 e. The highest BCUT2D eigenvalue weighted by Gasteiger charge is 2.15. The minimum Gasteiger partial charge on any atom is -0.426 e. The van der Waals surface area contributed by atoms with E-state index in [0.717, 1.165) is 16.7 Å². The van der Waals surface area contributed by atoms with Crippen LogP contribution in [0.25, 0.3) is 16.9 Å². The maximum absolute atomic E-state index is 11.1. The van der Waals surface area contributed by atoms with E-state index in [-0.39, 0.29) is 5.97 Å². The lowest BCUT2D eigenvalue weighted by Crippen LogP contribution is -1.93. The highest BCUT2D eigenvalue weighted by molar-refractivity contribution is 6.30. The molecule has 1 heterocycles. The van der Waals surface area contributed by atoms with Gasteiger partial charge in [-0.1, -0.05) is 48.0 Å². The van der Waals surface area contributed by atoms with Gasteiger partial charge in [0.25, 0.3) is 0 Å². The Morgan fingerprint density at radius 1 is 0.947 bits per heavy atom. The average Bonchev–Trinajstić information content (AvgIpc) is 2.86. The molecule has 0 N–H and O–H groups in total. The summed E-state index contributed by atoms with van der Waals surface area (Å²) < 4.78 is 5.11. The van der Waals surface area contributed by atoms with Gasteiger partial charge in [0.1, 0.15) is 5.76 Å². The van der Waals surface area contributed by atoms with Gasteiger partial charge in [0.05, 0.1) is 6.42 Å². The Bertz CT molecular complexity index is 657. The van der Waals surface area contributed by atoms with E-state index in [9.17, 15) is 4.79 Å². The molecule has 0 unspecified atom stereocenters. The van der Waals surface area contributed by atoms with Gasteiger partial charge in [-0.25, -0.2) is 0 Å². The molecule has 0 atom stereocenters. The Morgan fingerprint density at radius 3 is 2.32 bits per heavy atom. The van der Waals surface area contributed by atoms with Crippen molar-refractivity contribution >= 4 is 23.3 Å². The van der Waals surface area contributed by atoms with Crippen LogP contribution in [0.4, 0.5) is 0 Å². The summed E-state index contributed by atoms with van der Waals surface area (Å²) in [6, 6.07) is 15.6. The van der Waals surface area contributed by atoms with Gasteiger partial charge >= 0.3 is 5.97 Å². The van der Waals surface area contributed by atoms with Crippen molar-refractivity contribution in [1.29, 1.82) is 0 Å². The van der Waals surface area contributed by atoms with E-state index < -0.39 is 0 Å². The normalized spacial score (nSPS) is 14.2. The van der Waals surface area contributed by atoms with Crippen LogP contribution in [-0.4, -0.2) is 5.97 Å². The second-order valence-corrected chi connectivity index (χ2v) is 4.77. The lowest BCUT2D eigenvalue weighted by molar-refractivity contribution is -0.134. The zero-order valence-corrected chi connectivity index (χ0v) is 10.9. The average molecular weight is 271 g/mol. The predicted molar refractivity (Wildman–Crippen MR) is 75.6 cm³/mol. The second kappa shape index (κ2) is 4.90. The molecule has 3 rings (SSSR count). The second-order valence-electron chi connectivity index (χ2n) is 4.33. The van der Waals surface area contributed by atoms with Crippen molar-refractivity contribution < 1.29 is 9.53 Å². The minimum absolute atomic E-state index is 0.200. The summed E-state index contributed by atoms with van der Waals surface area (Å²) in [5.41, 5.74) is 3.06. The molecule has 2 aromatic rings. The molecule has 0 aliphatic carbocycles. The Morgan fingerprint density at radius 2 is 1.68 bits per heavy atom. The van der Waals surface area contributed by atoms with Crippen LogP contribution in [-0.2, 0) is 9.53 Å². The largest absolute Gasteiger partial charge is 0.426 e. The number of hydrogen-bond donors (Lipinski definition) is 0. The molecule has 94 valence electrons. The fourth-order valence-corrected chi connectivity index (χ4v) is 2.24. The number of esters is 1. The summed E-state index contributed by atoms with van der Waals surface area (Å²) >= 11 is 5.98. The Kier molecular flexibility index (Phi) is 3.10. The van der Waals surface area contributed by atoms with Crippen molar-refractivity contribution in [2.24, 2.45) is 0 Å². The number of cyclic esters (lactones) is 1. The summed E-state index contributed by atoms with van der Waals surface area (Å²) in [5.74, 6) is 0.441. The molecule has 2 aromatic carbocycles. The number of carbonyl (C=O) groups excluding carboxylic acids is 1. The van der Waals surface area contributed by atoms with Gasteiger partial charge in [0.15, 0.2) is 0 Å². The lowest BCUT2D eigenvalue weighted by Gasteiger charge is -2.05. The Labute approximate surface area is 116 Å². The minimum atomic E-state index is -0.200. The molecule has 0 fully saturated rings. The van der Waals surface area contributed by atoms with Crippen LogP contribution in [0.1, 0.15) is 12.0 Å². The van der Waals surface area contributed by atoms with E-state index in [0.29, 0.717) is 17.2 Å². The van der Waals surface area contributed by atoms with Crippen LogP contribution in [0, 0.1) is 0 Å². The van der Waals surface area contributed by atoms with Gasteiger partial charge in [-0.2, -0.15) is 0 Å². The standard InChI is InChI=1S/C16H11ClO2/c17-14-3-1-2-13(10-14)11-4-6-12(7-5-11)15-8-9-16(18)19-15/h1-8,10H,9H2. The van der Waals surface area contributed by atoms with Crippen LogP contribution >= 0.6 is 11.6 Å². The first-order valence-corrected chi connectivity index (χ1v) is 6.37. The van der Waals surface area contributed by atoms with E-state index in [1.165, 1.54) is 0 Å². The monoisotopic (exact) mass is 270 g/mol. The molecule has 0 amide bonds. The molecule has 3 heteroatoms. The molecule has 0 spiro atoms. The maximum Gasteiger partial charge on any atom is 0.315 e. The van der Waals surface area contributed by atoms with Crippen LogP contribution in [0.15, 0.2) is 54.6 Å². The topological polar surface area (TPSA) is 26.3 Å². The molecule has 0 bridgehead atoms. The van der Waals surface area contributed by atoms with Gasteiger partial charge in [-0.3, -0.25) is 4.79 Å². The molecule has 1 aliphatic heterocycles. The van der Waals surface area contributed by atoms with Crippen molar-refractivity contribution in [2.75, 3.05) is 0 Å². The first-order chi connectivity index (χ1) is 9.22. The van der Waals surface area contributed by atoms with Crippen molar-refractivity contribution in [3.8, 4) is 11.1 Å². The van der Waals surface area contributed by atoms with E-state index in [2.05, 4.69) is 0 Å². The first-order valence-electron chi connectivity index (χ1n) is 5.99. The molecule has 0 saturated carbocycles. The molecule has 0 saturated heterocycles. The molecule has 1 aliphatic rings. The van der Waals surface area contributed by atoms with Crippen LogP contribution < -0.4 is 0 Å². The zero-order valence-electron chi connectivity index (χ0n) is 10.1. The summed E-state index contributed by atoms with van der Waals surface area (Å²) in [6.45, 7) is 0. The molecular weight excluding hydrogens is 260 g/mol. The molecule has 0 aromatic heterocycles. The van der Waals surface area contributed by atoms with E-state index >= 15 is 0 Å². The first kappa shape index (κ1) is 12.0. The summed E-state index contributed by atoms with van der Waals surface area (Å²) in [7, 11) is 0. The summed E-state index contributed by atoms with van der Waals surface area (Å²) in [4.78, 5) is 11.1. The van der Waals surface area contributed by atoms with Crippen LogP contribution in [0.2, 0.25) is 5.02 Å². The summed E-state index contributed by atoms with van der Waals surface area (Å²) in [6.07, 6.45) is 2.15. The lowest BCUT2D eigenvalue weighted by atomic mass is 10.0. The Balaban J connectivity index is 1.89. The van der Waals surface area contributed by atoms with Crippen molar-refractivity contribution in [2.45, 2.75) is 6.42 Å². The van der Waals surface area contributed by atoms with Gasteiger partial charge in [-0.05, 0) is 29.3 Å². The highest BCUT2D eigenvalue weighted by atomic mass is 35.5. The van der Waals surface area contributed by atoms with Gasteiger partial charge in [-0.15, -0.1) is 0 Å². The van der Waals surface area contributed by atoms with Crippen molar-refractivity contribution in [1.82, 2.24) is 0 Å². The predicted octanol–water partition coefficient (Wildman–Crippen LogP) is 4.29. The quantitative estimate of drug-likeness (QED) is 0.761. The van der Waals surface area contributed by atoms with Crippen LogP contribution in [0.3, 0.4) is 0 Å². The van der Waals surface area contributed by atoms with E-state index in [1.54, 1.807) is 6.08 Å². The van der Waals surface area contributed by atoms with Crippen LogP contribution in [0.5, 0.6) is 0 Å². The third kappa shape index (κ3) is 2.54. The number of hydrogen-bond acceptors (Lipinski definition) is 2. The summed E-state index contributed by atoms with van der Waals surface area (Å²) in [5, 5.41) is 0.717. The number of ether oxygens (including phenoxy) is 1. The number of carbonyl (C=O) groups is 1. The number of rotatable bonds is 2. The van der Waals surface area contributed by atoms with E-state index in [4.69, 9.17) is 16.3 Å². The fraction of sp³-hybridized carbons (Fsp3) is 0.0625. The molecule has 2 nitrogen and oxygen atoms in total. The zero-order chi connectivity index (χ0) is 13.2. The number of halogens is 1. The third-order valence-corrected chi connectivity index (χ3v) is 3.24. The molecular formula is C16H11ClO2. The van der Waals surface area contributed by atoms with E-state index in [1.807, 2.05) is 48.5 Å². The molecule has 0 radical (unpaired) electrons. The maximum atomic E-state index is 11.1. The highest BCUT2D eigenvalue weighted by Crippen LogP contribution is 2.27. The molecule has 19 heavy (non-hydrogen) atoms. The number of benzene rings is 2. The Hall–Kier alpha value is -2.06. The fourth-order valence-electron chi connectivity index (χ4n) is 2.05. The third-order valence-electron chi connectivity index (χ3n) is 3.01. The SMILES string of the molecule is O=C1CC=C(c2ccc(-c3cccc(Cl)c3)cc2)O1. The van der Waals surface area contributed by atoms with Crippen molar-refractivity contribution in [3.05, 3.63) is 65.2 Å². The van der Waals surface area contributed by atoms with Gasteiger partial charge < -0.3 is 4.74 Å². The van der Waals surface area contributed by atoms with Gasteiger partial charge in [0, 0.05) is 10.6 Å².